The van der Waals surface area contributed by atoms with Crippen molar-refractivity contribution in [2.24, 2.45) is 0 Å². The molecular formula is C29H24Cl3NO4. The van der Waals surface area contributed by atoms with E-state index in [1.165, 1.54) is 18.4 Å². The van der Waals surface area contributed by atoms with Crippen LogP contribution in [0.3, 0.4) is 0 Å². The molecule has 0 atom stereocenters. The van der Waals surface area contributed by atoms with E-state index < -0.39 is 5.97 Å². The first-order chi connectivity index (χ1) is 17.9. The Hall–Kier alpha value is -2.99. The van der Waals surface area contributed by atoms with Crippen molar-refractivity contribution in [3.8, 4) is 17.0 Å². The summed E-state index contributed by atoms with van der Waals surface area (Å²) in [6, 6.07) is 19.6. The van der Waals surface area contributed by atoms with Gasteiger partial charge in [-0.05, 0) is 73.6 Å². The average molecular weight is 557 g/mol. The number of aromatic carboxylic acids is 1. The number of benzene rings is 3. The zero-order valence-electron chi connectivity index (χ0n) is 19.8. The molecule has 190 valence electrons. The van der Waals surface area contributed by atoms with Crippen LogP contribution in [0, 0.1) is 0 Å². The first-order valence-corrected chi connectivity index (χ1v) is 13.2. The number of hydrogen-bond donors (Lipinski definition) is 1. The topological polar surface area (TPSA) is 72.6 Å². The number of carboxylic acid groups (broad SMARTS) is 1. The molecule has 0 unspecified atom stereocenters. The molecule has 1 aromatic heterocycles. The van der Waals surface area contributed by atoms with Gasteiger partial charge in [0.25, 0.3) is 0 Å². The summed E-state index contributed by atoms with van der Waals surface area (Å²) >= 11 is 19.3. The van der Waals surface area contributed by atoms with E-state index in [1.807, 2.05) is 18.2 Å². The van der Waals surface area contributed by atoms with Gasteiger partial charge >= 0.3 is 5.97 Å². The standard InChI is InChI=1S/C22H18Cl3NO2.C7H6O2/c23-17-2-1-3-18(24)20(17)21-16(22(28-26-21)13-6-7-13)11-27-14-8-9-15(12-4-5-12)19(25)10-14;8-7(9)6-4-2-1-3-5-6/h1-3,8-10,12-13H,4-7,11H2;1-5H,(H,8,9). The zero-order chi connectivity index (χ0) is 25.9. The largest absolute Gasteiger partial charge is 0.489 e. The van der Waals surface area contributed by atoms with Crippen molar-refractivity contribution in [2.75, 3.05) is 0 Å². The van der Waals surface area contributed by atoms with E-state index in [1.54, 1.807) is 42.5 Å². The van der Waals surface area contributed by atoms with Gasteiger partial charge < -0.3 is 14.4 Å². The number of carbonyl (C=O) groups is 1. The number of rotatable bonds is 7. The molecule has 4 aromatic rings. The van der Waals surface area contributed by atoms with Crippen LogP contribution in [0.25, 0.3) is 11.3 Å². The molecule has 1 N–H and O–H groups in total. The number of carboxylic acids is 1. The first-order valence-electron chi connectivity index (χ1n) is 12.1. The van der Waals surface area contributed by atoms with Gasteiger partial charge in [0.15, 0.2) is 0 Å². The van der Waals surface area contributed by atoms with Crippen molar-refractivity contribution in [3.63, 3.8) is 0 Å². The molecule has 2 saturated carbocycles. The zero-order valence-corrected chi connectivity index (χ0v) is 22.1. The van der Waals surface area contributed by atoms with Gasteiger partial charge in [-0.3, -0.25) is 0 Å². The maximum Gasteiger partial charge on any atom is 0.335 e. The summed E-state index contributed by atoms with van der Waals surface area (Å²) in [5.74, 6) is 1.72. The van der Waals surface area contributed by atoms with Gasteiger partial charge in [-0.15, -0.1) is 0 Å². The van der Waals surface area contributed by atoms with Crippen LogP contribution in [0.4, 0.5) is 0 Å². The van der Waals surface area contributed by atoms with Crippen LogP contribution in [-0.2, 0) is 6.61 Å². The summed E-state index contributed by atoms with van der Waals surface area (Å²) in [6.07, 6.45) is 4.63. The van der Waals surface area contributed by atoms with Crippen molar-refractivity contribution in [1.82, 2.24) is 5.16 Å². The lowest BCUT2D eigenvalue weighted by Gasteiger charge is -2.11. The van der Waals surface area contributed by atoms with Crippen LogP contribution in [-0.4, -0.2) is 16.2 Å². The fraction of sp³-hybridized carbons (Fsp3) is 0.241. The summed E-state index contributed by atoms with van der Waals surface area (Å²) in [4.78, 5) is 10.2. The molecule has 0 bridgehead atoms. The Morgan fingerprint density at radius 1 is 0.892 bits per heavy atom. The normalized spacial score (nSPS) is 14.6. The number of ether oxygens (including phenoxy) is 1. The molecule has 0 saturated heterocycles. The highest BCUT2D eigenvalue weighted by Gasteiger charge is 2.34. The Morgan fingerprint density at radius 2 is 1.57 bits per heavy atom. The lowest BCUT2D eigenvalue weighted by Crippen LogP contribution is -2.00. The maximum absolute atomic E-state index is 10.2. The van der Waals surface area contributed by atoms with Crippen LogP contribution >= 0.6 is 34.8 Å². The number of nitrogens with zero attached hydrogens (tertiary/aromatic N) is 1. The predicted molar refractivity (Wildman–Crippen MR) is 145 cm³/mol. The molecule has 2 aliphatic carbocycles. The first kappa shape index (κ1) is 25.7. The highest BCUT2D eigenvalue weighted by Crippen LogP contribution is 2.47. The molecule has 2 fully saturated rings. The molecular weight excluding hydrogens is 533 g/mol. The Labute approximate surface area is 229 Å². The fourth-order valence-electron chi connectivity index (χ4n) is 4.11. The smallest absolute Gasteiger partial charge is 0.335 e. The quantitative estimate of drug-likeness (QED) is 0.246. The average Bonchev–Trinajstić information content (AvgIpc) is 3.82. The van der Waals surface area contributed by atoms with Crippen molar-refractivity contribution in [3.05, 3.63) is 104 Å². The molecule has 3 aromatic carbocycles. The van der Waals surface area contributed by atoms with E-state index in [0.717, 1.165) is 34.9 Å². The Morgan fingerprint density at radius 3 is 2.14 bits per heavy atom. The van der Waals surface area contributed by atoms with Gasteiger partial charge in [0.1, 0.15) is 23.8 Å². The van der Waals surface area contributed by atoms with Gasteiger partial charge in [-0.2, -0.15) is 0 Å². The minimum atomic E-state index is -0.879. The van der Waals surface area contributed by atoms with Crippen LogP contribution in [0.5, 0.6) is 5.75 Å². The minimum absolute atomic E-state index is 0.325. The van der Waals surface area contributed by atoms with E-state index in [0.29, 0.717) is 45.3 Å². The van der Waals surface area contributed by atoms with Crippen LogP contribution < -0.4 is 4.74 Å². The van der Waals surface area contributed by atoms with E-state index in [4.69, 9.17) is 49.2 Å². The summed E-state index contributed by atoms with van der Waals surface area (Å²) in [5, 5.41) is 14.5. The summed E-state index contributed by atoms with van der Waals surface area (Å²) in [7, 11) is 0. The van der Waals surface area contributed by atoms with E-state index in [2.05, 4.69) is 11.2 Å². The second-order valence-electron chi connectivity index (χ2n) is 9.16. The van der Waals surface area contributed by atoms with E-state index in [9.17, 15) is 4.79 Å². The fourth-order valence-corrected chi connectivity index (χ4v) is 5.01. The molecule has 5 nitrogen and oxygen atoms in total. The molecule has 0 spiro atoms. The predicted octanol–water partition coefficient (Wildman–Crippen LogP) is 9.02. The van der Waals surface area contributed by atoms with Crippen molar-refractivity contribution in [1.29, 1.82) is 0 Å². The Balaban J connectivity index is 0.000000265. The highest BCUT2D eigenvalue weighted by atomic mass is 35.5. The number of halogens is 3. The summed E-state index contributed by atoms with van der Waals surface area (Å²) in [5.41, 5.74) is 3.78. The maximum atomic E-state index is 10.2. The van der Waals surface area contributed by atoms with E-state index >= 15 is 0 Å². The third-order valence-corrected chi connectivity index (χ3v) is 7.32. The van der Waals surface area contributed by atoms with Gasteiger partial charge in [0, 0.05) is 16.5 Å². The second-order valence-corrected chi connectivity index (χ2v) is 10.4. The third-order valence-electron chi connectivity index (χ3n) is 6.36. The number of hydrogen-bond acceptors (Lipinski definition) is 4. The van der Waals surface area contributed by atoms with Crippen LogP contribution in [0.2, 0.25) is 15.1 Å². The molecule has 6 rings (SSSR count). The summed E-state index contributed by atoms with van der Waals surface area (Å²) < 4.78 is 11.8. The van der Waals surface area contributed by atoms with Crippen molar-refractivity contribution < 1.29 is 19.2 Å². The molecule has 0 radical (unpaired) electrons. The minimum Gasteiger partial charge on any atom is -0.489 e. The van der Waals surface area contributed by atoms with Gasteiger partial charge in [0.2, 0.25) is 0 Å². The summed E-state index contributed by atoms with van der Waals surface area (Å²) in [6.45, 7) is 0.325. The lowest BCUT2D eigenvalue weighted by molar-refractivity contribution is 0.0697. The van der Waals surface area contributed by atoms with Crippen LogP contribution in [0.1, 0.15) is 64.8 Å². The highest BCUT2D eigenvalue weighted by molar-refractivity contribution is 6.39. The Kier molecular flexibility index (Phi) is 7.75. The SMILES string of the molecule is Clc1cc(OCc2c(-c3c(Cl)cccc3Cl)noc2C2CC2)ccc1C1CC1.O=C(O)c1ccccc1. The lowest BCUT2D eigenvalue weighted by atomic mass is 10.0. The van der Waals surface area contributed by atoms with Crippen LogP contribution in [0.15, 0.2) is 71.3 Å². The molecule has 0 aliphatic heterocycles. The van der Waals surface area contributed by atoms with Crippen molar-refractivity contribution in [2.45, 2.75) is 44.1 Å². The Bertz CT molecular complexity index is 1390. The monoisotopic (exact) mass is 555 g/mol. The molecule has 1 heterocycles. The molecule has 0 amide bonds. The third kappa shape index (κ3) is 6.12. The molecule has 8 heteroatoms. The number of aromatic nitrogens is 1. The van der Waals surface area contributed by atoms with E-state index in [-0.39, 0.29) is 0 Å². The van der Waals surface area contributed by atoms with Crippen molar-refractivity contribution >= 4 is 40.8 Å². The van der Waals surface area contributed by atoms with Gasteiger partial charge in [-0.1, -0.05) is 70.3 Å². The molecule has 37 heavy (non-hydrogen) atoms. The van der Waals surface area contributed by atoms with Gasteiger partial charge in [0.05, 0.1) is 21.2 Å². The molecule has 2 aliphatic rings. The second kappa shape index (κ2) is 11.2. The van der Waals surface area contributed by atoms with Gasteiger partial charge in [-0.25, -0.2) is 4.79 Å².